The highest BCUT2D eigenvalue weighted by Gasteiger charge is 2.15. The van der Waals surface area contributed by atoms with E-state index in [0.29, 0.717) is 5.82 Å². The summed E-state index contributed by atoms with van der Waals surface area (Å²) in [4.78, 5) is 14.3. The number of nitrogens with zero attached hydrogens (tertiary/aromatic N) is 2. The van der Waals surface area contributed by atoms with Crippen LogP contribution in [0.25, 0.3) is 0 Å². The normalized spacial score (nSPS) is 10.3. The molecule has 0 unspecified atom stereocenters. The lowest BCUT2D eigenvalue weighted by atomic mass is 10.2. The van der Waals surface area contributed by atoms with Crippen LogP contribution in [0.5, 0.6) is 0 Å². The Morgan fingerprint density at radius 3 is 2.73 bits per heavy atom. The van der Waals surface area contributed by atoms with Crippen LogP contribution < -0.4 is 5.32 Å². The Labute approximate surface area is 88.7 Å². The van der Waals surface area contributed by atoms with E-state index >= 15 is 0 Å². The van der Waals surface area contributed by atoms with Gasteiger partial charge in [0.15, 0.2) is 0 Å². The molecule has 0 saturated carbocycles. The molecule has 5 heteroatoms. The standard InChI is InChI=1S/C10H15N3O2/c1-3-8(4-2)12-10-9(13(14)15)6-5-7-11-10/h5-8H,3-4H2,1-2H3,(H,11,12). The van der Waals surface area contributed by atoms with Crippen molar-refractivity contribution in [2.45, 2.75) is 32.7 Å². The van der Waals surface area contributed by atoms with Gasteiger partial charge in [-0.3, -0.25) is 10.1 Å². The molecule has 0 aliphatic rings. The summed E-state index contributed by atoms with van der Waals surface area (Å²) in [5.41, 5.74) is 0.0319. The van der Waals surface area contributed by atoms with Gasteiger partial charge in [-0.05, 0) is 18.9 Å². The average Bonchev–Trinajstić information content (AvgIpc) is 2.26. The smallest absolute Gasteiger partial charge is 0.311 e. The molecule has 0 aliphatic carbocycles. The first-order valence-corrected chi connectivity index (χ1v) is 5.05. The summed E-state index contributed by atoms with van der Waals surface area (Å²) in [5.74, 6) is 0.358. The molecule has 0 atom stereocenters. The van der Waals surface area contributed by atoms with Gasteiger partial charge in [0.25, 0.3) is 0 Å². The van der Waals surface area contributed by atoms with Gasteiger partial charge < -0.3 is 5.32 Å². The molecule has 5 nitrogen and oxygen atoms in total. The quantitative estimate of drug-likeness (QED) is 0.597. The first kappa shape index (κ1) is 11.4. The highest BCUT2D eigenvalue weighted by Crippen LogP contribution is 2.21. The van der Waals surface area contributed by atoms with E-state index in [1.54, 1.807) is 12.3 Å². The molecule has 1 aromatic rings. The van der Waals surface area contributed by atoms with Crippen molar-refractivity contribution in [2.75, 3.05) is 5.32 Å². The Morgan fingerprint density at radius 1 is 1.53 bits per heavy atom. The lowest BCUT2D eigenvalue weighted by Gasteiger charge is -2.14. The van der Waals surface area contributed by atoms with Crippen LogP contribution in [0.4, 0.5) is 11.5 Å². The molecule has 1 heterocycles. The van der Waals surface area contributed by atoms with Gasteiger partial charge in [0.2, 0.25) is 5.82 Å². The average molecular weight is 209 g/mol. The molecule has 0 aromatic carbocycles. The van der Waals surface area contributed by atoms with Crippen molar-refractivity contribution in [2.24, 2.45) is 0 Å². The molecule has 1 rings (SSSR count). The zero-order valence-electron chi connectivity index (χ0n) is 8.93. The molecule has 0 amide bonds. The van der Waals surface area contributed by atoms with E-state index in [4.69, 9.17) is 0 Å². The first-order chi connectivity index (χ1) is 7.19. The highest BCUT2D eigenvalue weighted by molar-refractivity contribution is 5.55. The van der Waals surface area contributed by atoms with Crippen LogP contribution in [0.1, 0.15) is 26.7 Å². The van der Waals surface area contributed by atoms with E-state index < -0.39 is 4.92 Å². The number of pyridine rings is 1. The predicted octanol–water partition coefficient (Wildman–Crippen LogP) is 2.59. The molecule has 1 aromatic heterocycles. The van der Waals surface area contributed by atoms with Crippen molar-refractivity contribution in [3.8, 4) is 0 Å². The van der Waals surface area contributed by atoms with Crippen LogP contribution in [0, 0.1) is 10.1 Å². The van der Waals surface area contributed by atoms with Crippen molar-refractivity contribution in [1.82, 2.24) is 4.98 Å². The maximum Gasteiger partial charge on any atom is 0.311 e. The molecule has 1 N–H and O–H groups in total. The fourth-order valence-electron chi connectivity index (χ4n) is 1.34. The minimum absolute atomic E-state index is 0.0319. The third-order valence-corrected chi connectivity index (χ3v) is 2.31. The number of hydrogen-bond donors (Lipinski definition) is 1. The van der Waals surface area contributed by atoms with Crippen molar-refractivity contribution >= 4 is 11.5 Å². The topological polar surface area (TPSA) is 68.1 Å². The van der Waals surface area contributed by atoms with Gasteiger partial charge >= 0.3 is 5.69 Å². The van der Waals surface area contributed by atoms with Crippen LogP contribution in [0.3, 0.4) is 0 Å². The van der Waals surface area contributed by atoms with Gasteiger partial charge in [-0.2, -0.15) is 0 Å². The Kier molecular flexibility index (Phi) is 4.03. The second-order valence-corrected chi connectivity index (χ2v) is 3.29. The molecule has 0 radical (unpaired) electrons. The van der Waals surface area contributed by atoms with E-state index in [1.165, 1.54) is 6.07 Å². The van der Waals surface area contributed by atoms with E-state index in [2.05, 4.69) is 10.3 Å². The van der Waals surface area contributed by atoms with E-state index in [9.17, 15) is 10.1 Å². The van der Waals surface area contributed by atoms with Crippen LogP contribution in [-0.4, -0.2) is 15.9 Å². The van der Waals surface area contributed by atoms with Gasteiger partial charge in [0.05, 0.1) is 4.92 Å². The molecular formula is C10H15N3O2. The molecule has 0 aliphatic heterocycles. The third kappa shape index (κ3) is 2.90. The van der Waals surface area contributed by atoms with Crippen LogP contribution in [-0.2, 0) is 0 Å². The summed E-state index contributed by atoms with van der Waals surface area (Å²) in [6, 6.07) is 3.26. The second-order valence-electron chi connectivity index (χ2n) is 3.29. The van der Waals surface area contributed by atoms with Gasteiger partial charge in [-0.1, -0.05) is 13.8 Å². The van der Waals surface area contributed by atoms with Gasteiger partial charge in [-0.25, -0.2) is 4.98 Å². The van der Waals surface area contributed by atoms with Crippen molar-refractivity contribution < 1.29 is 4.92 Å². The van der Waals surface area contributed by atoms with E-state index in [0.717, 1.165) is 12.8 Å². The summed E-state index contributed by atoms with van der Waals surface area (Å²) in [5, 5.41) is 13.8. The largest absolute Gasteiger partial charge is 0.362 e. The maximum atomic E-state index is 10.7. The molecule has 15 heavy (non-hydrogen) atoms. The zero-order valence-corrected chi connectivity index (χ0v) is 8.93. The van der Waals surface area contributed by atoms with Gasteiger partial charge in [0, 0.05) is 18.3 Å². The zero-order chi connectivity index (χ0) is 11.3. The maximum absolute atomic E-state index is 10.7. The highest BCUT2D eigenvalue weighted by atomic mass is 16.6. The Hall–Kier alpha value is -1.65. The van der Waals surface area contributed by atoms with E-state index in [1.807, 2.05) is 13.8 Å². The summed E-state index contributed by atoms with van der Waals surface area (Å²) in [6.07, 6.45) is 3.40. The molecule has 0 saturated heterocycles. The fraction of sp³-hybridized carbons (Fsp3) is 0.500. The first-order valence-electron chi connectivity index (χ1n) is 5.05. The number of anilines is 1. The van der Waals surface area contributed by atoms with Crippen LogP contribution >= 0.6 is 0 Å². The number of rotatable bonds is 5. The summed E-state index contributed by atoms with van der Waals surface area (Å²) in [6.45, 7) is 4.08. The fourth-order valence-corrected chi connectivity index (χ4v) is 1.34. The Bertz CT molecular complexity index is 337. The monoisotopic (exact) mass is 209 g/mol. The molecule has 82 valence electrons. The third-order valence-electron chi connectivity index (χ3n) is 2.31. The molecule has 0 spiro atoms. The summed E-state index contributed by atoms with van der Waals surface area (Å²) < 4.78 is 0. The molecule has 0 bridgehead atoms. The van der Waals surface area contributed by atoms with Crippen molar-refractivity contribution in [1.29, 1.82) is 0 Å². The lowest BCUT2D eigenvalue weighted by molar-refractivity contribution is -0.384. The van der Waals surface area contributed by atoms with Crippen LogP contribution in [0.2, 0.25) is 0 Å². The minimum Gasteiger partial charge on any atom is -0.362 e. The number of aromatic nitrogens is 1. The van der Waals surface area contributed by atoms with Crippen LogP contribution in [0.15, 0.2) is 18.3 Å². The molecule has 0 fully saturated rings. The summed E-state index contributed by atoms with van der Waals surface area (Å²) in [7, 11) is 0. The minimum atomic E-state index is -0.419. The van der Waals surface area contributed by atoms with Gasteiger partial charge in [0.1, 0.15) is 0 Å². The summed E-state index contributed by atoms with van der Waals surface area (Å²) >= 11 is 0. The number of hydrogen-bond acceptors (Lipinski definition) is 4. The molecular weight excluding hydrogens is 194 g/mol. The predicted molar refractivity (Wildman–Crippen MR) is 58.9 cm³/mol. The van der Waals surface area contributed by atoms with Crippen molar-refractivity contribution in [3.63, 3.8) is 0 Å². The van der Waals surface area contributed by atoms with Gasteiger partial charge in [-0.15, -0.1) is 0 Å². The SMILES string of the molecule is CCC(CC)Nc1ncccc1[N+](=O)[O-]. The Morgan fingerprint density at radius 2 is 2.20 bits per heavy atom. The van der Waals surface area contributed by atoms with Crippen molar-refractivity contribution in [3.05, 3.63) is 28.4 Å². The second kappa shape index (κ2) is 5.29. The Balaban J connectivity index is 2.88. The number of nitrogens with one attached hydrogen (secondary N) is 1. The lowest BCUT2D eigenvalue weighted by Crippen LogP contribution is -2.18. The van der Waals surface area contributed by atoms with E-state index in [-0.39, 0.29) is 11.7 Å². The number of nitro groups is 1.